The predicted molar refractivity (Wildman–Crippen MR) is 75.2 cm³/mol. The van der Waals surface area contributed by atoms with Crippen molar-refractivity contribution < 1.29 is 14.5 Å². The summed E-state index contributed by atoms with van der Waals surface area (Å²) in [6, 6.07) is 3.26. The van der Waals surface area contributed by atoms with Gasteiger partial charge in [-0.3, -0.25) is 10.1 Å². The smallest absolute Gasteiger partial charge is 0.344 e. The summed E-state index contributed by atoms with van der Waals surface area (Å²) in [5.74, 6) is -0.676. The van der Waals surface area contributed by atoms with Crippen molar-refractivity contribution in [3.63, 3.8) is 0 Å². The van der Waals surface area contributed by atoms with E-state index in [1.54, 1.807) is 13.0 Å². The van der Waals surface area contributed by atoms with Crippen molar-refractivity contribution in [2.45, 2.75) is 26.2 Å². The van der Waals surface area contributed by atoms with E-state index in [2.05, 4.69) is 9.64 Å². The molecule has 6 heteroatoms. The molecule has 1 aliphatic rings. The second-order valence-corrected chi connectivity index (χ2v) is 4.90. The zero-order valence-electron chi connectivity index (χ0n) is 11.7. The first kappa shape index (κ1) is 14.3. The number of nitrogens with zero attached hydrogens (tertiary/aromatic N) is 2. The molecule has 108 valence electrons. The van der Waals surface area contributed by atoms with Gasteiger partial charge in [0.2, 0.25) is 0 Å². The lowest BCUT2D eigenvalue weighted by Gasteiger charge is -2.30. The highest BCUT2D eigenvalue weighted by Crippen LogP contribution is 2.33. The van der Waals surface area contributed by atoms with Gasteiger partial charge in [-0.1, -0.05) is 0 Å². The van der Waals surface area contributed by atoms with Crippen molar-refractivity contribution in [3.8, 4) is 0 Å². The maximum absolute atomic E-state index is 11.6. The molecular formula is C14H18N2O4. The number of rotatable bonds is 3. The molecular weight excluding hydrogens is 260 g/mol. The van der Waals surface area contributed by atoms with Gasteiger partial charge in [0.25, 0.3) is 5.69 Å². The lowest BCUT2D eigenvalue weighted by molar-refractivity contribution is -0.385. The molecule has 1 aliphatic heterocycles. The number of carbonyl (C=O) groups excluding carboxylic acids is 1. The van der Waals surface area contributed by atoms with Crippen molar-refractivity contribution >= 4 is 17.3 Å². The van der Waals surface area contributed by atoms with Gasteiger partial charge in [-0.25, -0.2) is 4.79 Å². The number of nitro groups is 1. The molecule has 0 radical (unpaired) electrons. The average Bonchev–Trinajstić information content (AvgIpc) is 2.46. The van der Waals surface area contributed by atoms with Crippen LogP contribution in [0.5, 0.6) is 0 Å². The molecule has 20 heavy (non-hydrogen) atoms. The Balaban J connectivity index is 2.48. The van der Waals surface area contributed by atoms with Crippen LogP contribution in [-0.4, -0.2) is 31.1 Å². The van der Waals surface area contributed by atoms with Gasteiger partial charge in [0.05, 0.1) is 17.6 Å². The number of anilines is 1. The summed E-state index contributed by atoms with van der Waals surface area (Å²) >= 11 is 0. The Kier molecular flexibility index (Phi) is 4.22. The SMILES string of the molecule is COC(=O)c1ccc(N2CCCCC2)c(C)c1[N+](=O)[O-]. The molecule has 0 unspecified atom stereocenters. The Morgan fingerprint density at radius 1 is 1.30 bits per heavy atom. The summed E-state index contributed by atoms with van der Waals surface area (Å²) in [7, 11) is 1.22. The molecule has 1 saturated heterocycles. The highest BCUT2D eigenvalue weighted by atomic mass is 16.6. The molecule has 1 aromatic carbocycles. The van der Waals surface area contributed by atoms with E-state index >= 15 is 0 Å². The van der Waals surface area contributed by atoms with Crippen molar-refractivity contribution in [2.24, 2.45) is 0 Å². The van der Waals surface area contributed by atoms with Gasteiger partial charge in [0.1, 0.15) is 5.56 Å². The Labute approximate surface area is 117 Å². The van der Waals surface area contributed by atoms with Crippen molar-refractivity contribution in [1.29, 1.82) is 0 Å². The minimum Gasteiger partial charge on any atom is -0.465 e. The number of nitro benzene ring substituents is 1. The van der Waals surface area contributed by atoms with E-state index in [4.69, 9.17) is 0 Å². The molecule has 0 N–H and O–H groups in total. The normalized spacial score (nSPS) is 15.0. The third-order valence-electron chi connectivity index (χ3n) is 3.69. The summed E-state index contributed by atoms with van der Waals surface area (Å²) in [6.07, 6.45) is 3.37. The number of carbonyl (C=O) groups is 1. The third-order valence-corrected chi connectivity index (χ3v) is 3.69. The summed E-state index contributed by atoms with van der Waals surface area (Å²) in [5.41, 5.74) is 1.22. The van der Waals surface area contributed by atoms with Crippen LogP contribution in [0.25, 0.3) is 0 Å². The van der Waals surface area contributed by atoms with E-state index in [1.807, 2.05) is 0 Å². The maximum Gasteiger partial charge on any atom is 0.344 e. The quantitative estimate of drug-likeness (QED) is 0.483. The largest absolute Gasteiger partial charge is 0.465 e. The van der Waals surface area contributed by atoms with Crippen LogP contribution in [-0.2, 0) is 4.74 Å². The number of benzene rings is 1. The molecule has 6 nitrogen and oxygen atoms in total. The fourth-order valence-corrected chi connectivity index (χ4v) is 2.68. The van der Waals surface area contributed by atoms with E-state index < -0.39 is 10.9 Å². The molecule has 1 aromatic rings. The number of ether oxygens (including phenoxy) is 1. The fraction of sp³-hybridized carbons (Fsp3) is 0.500. The van der Waals surface area contributed by atoms with Crippen molar-refractivity contribution in [2.75, 3.05) is 25.1 Å². The first-order valence-corrected chi connectivity index (χ1v) is 6.67. The zero-order chi connectivity index (χ0) is 14.7. The molecule has 1 heterocycles. The maximum atomic E-state index is 11.6. The summed E-state index contributed by atoms with van der Waals surface area (Å²) in [5, 5.41) is 11.3. The van der Waals surface area contributed by atoms with Crippen LogP contribution in [0.3, 0.4) is 0 Å². The van der Waals surface area contributed by atoms with Gasteiger partial charge < -0.3 is 9.64 Å². The second-order valence-electron chi connectivity index (χ2n) is 4.90. The number of hydrogen-bond donors (Lipinski definition) is 0. The Morgan fingerprint density at radius 3 is 2.50 bits per heavy atom. The Bertz CT molecular complexity index is 536. The van der Waals surface area contributed by atoms with Gasteiger partial charge in [-0.2, -0.15) is 0 Å². The minimum absolute atomic E-state index is 0.00996. The number of methoxy groups -OCH3 is 1. The van der Waals surface area contributed by atoms with Crippen LogP contribution >= 0.6 is 0 Å². The van der Waals surface area contributed by atoms with Crippen LogP contribution in [0.1, 0.15) is 35.2 Å². The minimum atomic E-state index is -0.676. The van der Waals surface area contributed by atoms with Gasteiger partial charge in [0, 0.05) is 18.8 Å². The van der Waals surface area contributed by atoms with Crippen LogP contribution in [0.4, 0.5) is 11.4 Å². The number of hydrogen-bond acceptors (Lipinski definition) is 5. The third kappa shape index (κ3) is 2.59. The van der Waals surface area contributed by atoms with Crippen LogP contribution in [0.15, 0.2) is 12.1 Å². The van der Waals surface area contributed by atoms with E-state index in [0.29, 0.717) is 5.56 Å². The number of piperidine rings is 1. The van der Waals surface area contributed by atoms with Gasteiger partial charge in [-0.15, -0.1) is 0 Å². The Hall–Kier alpha value is -2.11. The van der Waals surface area contributed by atoms with Crippen LogP contribution < -0.4 is 4.90 Å². The highest BCUT2D eigenvalue weighted by Gasteiger charge is 2.27. The van der Waals surface area contributed by atoms with Gasteiger partial charge >= 0.3 is 5.97 Å². The van der Waals surface area contributed by atoms with Gasteiger partial charge in [-0.05, 0) is 38.3 Å². The first-order valence-electron chi connectivity index (χ1n) is 6.67. The molecule has 0 bridgehead atoms. The van der Waals surface area contributed by atoms with Crippen LogP contribution in [0, 0.1) is 17.0 Å². The summed E-state index contributed by atoms with van der Waals surface area (Å²) in [4.78, 5) is 24.6. The van der Waals surface area contributed by atoms with E-state index in [-0.39, 0.29) is 11.3 Å². The predicted octanol–water partition coefficient (Wildman–Crippen LogP) is 2.68. The Morgan fingerprint density at radius 2 is 1.95 bits per heavy atom. The average molecular weight is 278 g/mol. The fourth-order valence-electron chi connectivity index (χ4n) is 2.68. The monoisotopic (exact) mass is 278 g/mol. The second kappa shape index (κ2) is 5.90. The molecule has 0 atom stereocenters. The molecule has 0 spiro atoms. The lowest BCUT2D eigenvalue weighted by atomic mass is 10.0. The van der Waals surface area contributed by atoms with Crippen molar-refractivity contribution in [1.82, 2.24) is 0 Å². The van der Waals surface area contributed by atoms with E-state index in [1.165, 1.54) is 19.6 Å². The van der Waals surface area contributed by atoms with Crippen molar-refractivity contribution in [3.05, 3.63) is 33.4 Å². The van der Waals surface area contributed by atoms with E-state index in [0.717, 1.165) is 31.6 Å². The molecule has 0 aromatic heterocycles. The standard InChI is InChI=1S/C14H18N2O4/c1-10-12(15-8-4-3-5-9-15)7-6-11(14(17)20-2)13(10)16(18)19/h6-7H,3-5,8-9H2,1-2H3. The lowest BCUT2D eigenvalue weighted by Crippen LogP contribution is -2.30. The molecule has 1 fully saturated rings. The zero-order valence-corrected chi connectivity index (χ0v) is 11.7. The molecule has 0 saturated carbocycles. The molecule has 2 rings (SSSR count). The molecule has 0 amide bonds. The summed E-state index contributed by atoms with van der Waals surface area (Å²) in [6.45, 7) is 3.49. The van der Waals surface area contributed by atoms with E-state index in [9.17, 15) is 14.9 Å². The topological polar surface area (TPSA) is 72.7 Å². The first-order chi connectivity index (χ1) is 9.56. The molecule has 0 aliphatic carbocycles. The van der Waals surface area contributed by atoms with Crippen LogP contribution in [0.2, 0.25) is 0 Å². The summed E-state index contributed by atoms with van der Waals surface area (Å²) < 4.78 is 4.61. The highest BCUT2D eigenvalue weighted by molar-refractivity contribution is 5.95. The van der Waals surface area contributed by atoms with Gasteiger partial charge in [0.15, 0.2) is 0 Å². The number of esters is 1.